The van der Waals surface area contributed by atoms with E-state index in [4.69, 9.17) is 17.3 Å². The number of rotatable bonds is 5. The number of anilines is 2. The number of aromatic nitrogens is 2. The number of halogens is 1. The van der Waals surface area contributed by atoms with Gasteiger partial charge < -0.3 is 20.9 Å². The molecule has 1 fully saturated rings. The Morgan fingerprint density at radius 2 is 2.00 bits per heavy atom. The molecule has 31 heavy (non-hydrogen) atoms. The molecule has 7 nitrogen and oxygen atoms in total. The second-order valence-corrected chi connectivity index (χ2v) is 8.43. The highest BCUT2D eigenvalue weighted by molar-refractivity contribution is 6.30. The average molecular weight is 439 g/mol. The molecule has 0 radical (unpaired) electrons. The largest absolute Gasteiger partial charge is 0.370 e. The van der Waals surface area contributed by atoms with Crippen molar-refractivity contribution in [3.63, 3.8) is 0 Å². The second-order valence-electron chi connectivity index (χ2n) is 7.99. The molecule has 0 saturated heterocycles. The van der Waals surface area contributed by atoms with E-state index in [1.54, 1.807) is 0 Å². The molecule has 0 spiro atoms. The van der Waals surface area contributed by atoms with Gasteiger partial charge in [0.15, 0.2) is 5.96 Å². The Morgan fingerprint density at radius 3 is 2.74 bits per heavy atom. The molecule has 162 valence electrons. The van der Waals surface area contributed by atoms with Crippen molar-refractivity contribution in [2.45, 2.75) is 44.7 Å². The lowest BCUT2D eigenvalue weighted by Crippen LogP contribution is -2.34. The summed E-state index contributed by atoms with van der Waals surface area (Å²) < 4.78 is 0. The zero-order valence-corrected chi connectivity index (χ0v) is 18.3. The van der Waals surface area contributed by atoms with Gasteiger partial charge in [0, 0.05) is 18.1 Å². The molecule has 4 N–H and O–H groups in total. The second kappa shape index (κ2) is 9.39. The predicted molar refractivity (Wildman–Crippen MR) is 128 cm³/mol. The first-order valence-electron chi connectivity index (χ1n) is 10.6. The molecule has 4 rings (SSSR count). The number of nitrogens with one attached hydrogen (secondary N) is 2. The fourth-order valence-corrected chi connectivity index (χ4v) is 4.20. The van der Waals surface area contributed by atoms with Crippen molar-refractivity contribution in [1.29, 1.82) is 0 Å². The number of guanidine groups is 1. The molecule has 1 aromatic heterocycles. The summed E-state index contributed by atoms with van der Waals surface area (Å²) in [6, 6.07) is 11.8. The Hall–Kier alpha value is -3.06. The molecule has 0 unspecified atom stereocenters. The topological polar surface area (TPSA) is 99.4 Å². The van der Waals surface area contributed by atoms with Crippen LogP contribution in [0.25, 0.3) is 11.0 Å². The third kappa shape index (κ3) is 5.17. The normalized spacial score (nSPS) is 15.2. The summed E-state index contributed by atoms with van der Waals surface area (Å²) in [7, 11) is 2.11. The minimum Gasteiger partial charge on any atom is -0.370 e. The maximum absolute atomic E-state index is 11.8. The number of nitrogens with zero attached hydrogens (tertiary/aromatic N) is 3. The van der Waals surface area contributed by atoms with Crippen molar-refractivity contribution < 1.29 is 0 Å². The van der Waals surface area contributed by atoms with Gasteiger partial charge in [-0.2, -0.15) is 0 Å². The van der Waals surface area contributed by atoms with E-state index in [1.807, 2.05) is 36.4 Å². The molecule has 1 aliphatic carbocycles. The van der Waals surface area contributed by atoms with Crippen molar-refractivity contribution in [3.8, 4) is 0 Å². The summed E-state index contributed by atoms with van der Waals surface area (Å²) in [6.45, 7) is 0.440. The van der Waals surface area contributed by atoms with Gasteiger partial charge in [-0.05, 0) is 42.7 Å². The summed E-state index contributed by atoms with van der Waals surface area (Å²) in [6.07, 6.45) is 7.39. The van der Waals surface area contributed by atoms with E-state index in [-0.39, 0.29) is 5.56 Å². The van der Waals surface area contributed by atoms with Crippen molar-refractivity contribution in [2.75, 3.05) is 17.3 Å². The molecule has 0 atom stereocenters. The fourth-order valence-electron chi connectivity index (χ4n) is 4.08. The molecule has 3 aromatic rings. The van der Waals surface area contributed by atoms with Gasteiger partial charge in [0.2, 0.25) is 0 Å². The van der Waals surface area contributed by atoms with Gasteiger partial charge in [0.1, 0.15) is 0 Å². The first-order valence-corrected chi connectivity index (χ1v) is 10.9. The van der Waals surface area contributed by atoms with Gasteiger partial charge in [0.05, 0.1) is 35.1 Å². The van der Waals surface area contributed by atoms with E-state index in [0.717, 1.165) is 35.3 Å². The number of hydrogen-bond donors (Lipinski definition) is 3. The Balaban J connectivity index is 1.64. The molecule has 0 aliphatic heterocycles. The molecule has 0 amide bonds. The van der Waals surface area contributed by atoms with Crippen LogP contribution >= 0.6 is 11.6 Å². The van der Waals surface area contributed by atoms with Gasteiger partial charge in [-0.15, -0.1) is 0 Å². The van der Waals surface area contributed by atoms with Crippen LogP contribution in [0.15, 0.2) is 52.4 Å². The molecule has 2 aromatic carbocycles. The highest BCUT2D eigenvalue weighted by Crippen LogP contribution is 2.33. The summed E-state index contributed by atoms with van der Waals surface area (Å²) >= 11 is 5.94. The van der Waals surface area contributed by atoms with E-state index in [2.05, 4.69) is 32.2 Å². The molecule has 0 bridgehead atoms. The van der Waals surface area contributed by atoms with Crippen molar-refractivity contribution in [3.05, 3.63) is 63.5 Å². The molecule has 1 heterocycles. The highest BCUT2D eigenvalue weighted by Gasteiger charge is 2.21. The van der Waals surface area contributed by atoms with Gasteiger partial charge in [-0.25, -0.2) is 9.98 Å². The van der Waals surface area contributed by atoms with Crippen LogP contribution in [0.1, 0.15) is 37.7 Å². The Bertz CT molecular complexity index is 1140. The number of hydrogen-bond acceptors (Lipinski definition) is 4. The maximum Gasteiger partial charge on any atom is 0.266 e. The van der Waals surface area contributed by atoms with Crippen LogP contribution in [-0.2, 0) is 6.54 Å². The number of H-pyrrole nitrogens is 1. The lowest BCUT2D eigenvalue weighted by atomic mass is 9.94. The standard InChI is InChI=1S/C23H27ClN6O/c1-30(17-5-3-2-4-6-17)21-12-18-19(28-22(31)14-26-18)11-20(21)29-23(25)27-13-15-7-9-16(24)10-8-15/h7-12,14,17H,2-6,13H2,1H3,(H,28,31)(H3,25,27,29). The molecular weight excluding hydrogens is 412 g/mol. The Kier molecular flexibility index (Phi) is 6.42. The number of benzene rings is 2. The van der Waals surface area contributed by atoms with Crippen LogP contribution in [0, 0.1) is 0 Å². The van der Waals surface area contributed by atoms with E-state index >= 15 is 0 Å². The minimum absolute atomic E-state index is 0.240. The first-order chi connectivity index (χ1) is 15.0. The smallest absolute Gasteiger partial charge is 0.266 e. The van der Waals surface area contributed by atoms with Crippen molar-refractivity contribution >= 4 is 40.0 Å². The Morgan fingerprint density at radius 1 is 1.26 bits per heavy atom. The van der Waals surface area contributed by atoms with Gasteiger partial charge in [-0.3, -0.25) is 4.79 Å². The maximum atomic E-state index is 11.8. The number of aromatic amines is 1. The van der Waals surface area contributed by atoms with Gasteiger partial charge >= 0.3 is 0 Å². The minimum atomic E-state index is -0.240. The van der Waals surface area contributed by atoms with E-state index in [0.29, 0.717) is 29.1 Å². The summed E-state index contributed by atoms with van der Waals surface area (Å²) in [4.78, 5) is 25.7. The van der Waals surface area contributed by atoms with Crippen LogP contribution in [-0.4, -0.2) is 29.0 Å². The van der Waals surface area contributed by atoms with Crippen molar-refractivity contribution in [1.82, 2.24) is 9.97 Å². The SMILES string of the molecule is CN(c1cc2ncc(=O)[nH]c2cc1NC(N)=NCc1ccc(Cl)cc1)C1CCCCC1. The van der Waals surface area contributed by atoms with Crippen LogP contribution in [0.4, 0.5) is 11.4 Å². The van der Waals surface area contributed by atoms with Crippen LogP contribution < -0.4 is 21.5 Å². The molecular formula is C23H27ClN6O. The zero-order valence-electron chi connectivity index (χ0n) is 17.6. The third-order valence-corrected chi connectivity index (χ3v) is 6.06. The van der Waals surface area contributed by atoms with Gasteiger partial charge in [-0.1, -0.05) is 43.0 Å². The monoisotopic (exact) mass is 438 g/mol. The van der Waals surface area contributed by atoms with E-state index in [9.17, 15) is 4.79 Å². The van der Waals surface area contributed by atoms with Crippen LogP contribution in [0.2, 0.25) is 5.02 Å². The number of aliphatic imine (C=N–C) groups is 1. The van der Waals surface area contributed by atoms with Gasteiger partial charge in [0.25, 0.3) is 5.56 Å². The molecule has 1 aliphatic rings. The van der Waals surface area contributed by atoms with Crippen molar-refractivity contribution in [2.24, 2.45) is 10.7 Å². The summed E-state index contributed by atoms with van der Waals surface area (Å²) in [5, 5.41) is 3.92. The quantitative estimate of drug-likeness (QED) is 0.408. The summed E-state index contributed by atoms with van der Waals surface area (Å²) in [5.41, 5.74) is 10.2. The number of fused-ring (bicyclic) bond motifs is 1. The number of nitrogens with two attached hydrogens (primary N) is 1. The van der Waals surface area contributed by atoms with E-state index < -0.39 is 0 Å². The zero-order chi connectivity index (χ0) is 21.8. The van der Waals surface area contributed by atoms with Crippen LogP contribution in [0.5, 0.6) is 0 Å². The summed E-state index contributed by atoms with van der Waals surface area (Å²) in [5.74, 6) is 0.304. The fraction of sp³-hybridized carbons (Fsp3) is 0.348. The lowest BCUT2D eigenvalue weighted by Gasteiger charge is -2.34. The highest BCUT2D eigenvalue weighted by atomic mass is 35.5. The predicted octanol–water partition coefficient (Wildman–Crippen LogP) is 4.27. The van der Waals surface area contributed by atoms with Crippen LogP contribution in [0.3, 0.4) is 0 Å². The average Bonchev–Trinajstić information content (AvgIpc) is 2.78. The first kappa shape index (κ1) is 21.2. The van der Waals surface area contributed by atoms with E-state index in [1.165, 1.54) is 25.5 Å². The Labute approximate surface area is 186 Å². The lowest BCUT2D eigenvalue weighted by molar-refractivity contribution is 0.428. The third-order valence-electron chi connectivity index (χ3n) is 5.80. The molecule has 8 heteroatoms. The molecule has 1 saturated carbocycles.